The van der Waals surface area contributed by atoms with Gasteiger partial charge in [-0.15, -0.1) is 0 Å². The Hall–Kier alpha value is -3.80. The number of anilines is 1. The Labute approximate surface area is 168 Å². The highest BCUT2D eigenvalue weighted by molar-refractivity contribution is 6.04. The molecule has 0 bridgehead atoms. The predicted octanol–water partition coefficient (Wildman–Crippen LogP) is 4.69. The third-order valence-electron chi connectivity index (χ3n) is 4.58. The largest absolute Gasteiger partial charge is 0.493 e. The minimum atomic E-state index is -0.216. The summed E-state index contributed by atoms with van der Waals surface area (Å²) >= 11 is 0. The number of hydrogen-bond donors (Lipinski definition) is 1. The number of aromatic nitrogens is 2. The van der Waals surface area contributed by atoms with Gasteiger partial charge in [-0.3, -0.25) is 9.36 Å². The van der Waals surface area contributed by atoms with Crippen LogP contribution in [0, 0.1) is 0 Å². The van der Waals surface area contributed by atoms with Gasteiger partial charge in [0, 0.05) is 16.9 Å². The second kappa shape index (κ2) is 8.06. The molecule has 1 amide bonds. The van der Waals surface area contributed by atoms with E-state index in [1.54, 1.807) is 31.6 Å². The number of imidazole rings is 1. The fourth-order valence-corrected chi connectivity index (χ4v) is 3.16. The van der Waals surface area contributed by atoms with Gasteiger partial charge in [0.1, 0.15) is 6.33 Å². The van der Waals surface area contributed by atoms with Gasteiger partial charge in [0.05, 0.1) is 24.8 Å². The number of amides is 1. The van der Waals surface area contributed by atoms with Gasteiger partial charge < -0.3 is 14.8 Å². The van der Waals surface area contributed by atoms with Crippen molar-refractivity contribution in [3.8, 4) is 17.2 Å². The molecule has 1 N–H and O–H groups in total. The van der Waals surface area contributed by atoms with E-state index in [1.807, 2.05) is 60.0 Å². The number of methoxy groups -OCH3 is 1. The van der Waals surface area contributed by atoms with Crippen LogP contribution in [0.3, 0.4) is 0 Å². The molecule has 0 unspecified atom stereocenters. The Morgan fingerprint density at radius 1 is 1.03 bits per heavy atom. The Balaban J connectivity index is 1.52. The summed E-state index contributed by atoms with van der Waals surface area (Å²) in [5.74, 6) is 0.928. The minimum absolute atomic E-state index is 0.216. The van der Waals surface area contributed by atoms with Crippen LogP contribution in [0.4, 0.5) is 5.69 Å². The molecule has 0 fully saturated rings. The Bertz CT molecular complexity index is 1150. The molecule has 0 radical (unpaired) electrons. The highest BCUT2D eigenvalue weighted by atomic mass is 16.5. The van der Waals surface area contributed by atoms with Crippen molar-refractivity contribution in [2.45, 2.75) is 6.92 Å². The highest BCUT2D eigenvalue weighted by Crippen LogP contribution is 2.28. The summed E-state index contributed by atoms with van der Waals surface area (Å²) < 4.78 is 12.8. The number of nitrogens with zero attached hydrogens (tertiary/aromatic N) is 2. The summed E-state index contributed by atoms with van der Waals surface area (Å²) in [5, 5.41) is 2.91. The molecule has 6 heteroatoms. The van der Waals surface area contributed by atoms with Crippen molar-refractivity contribution in [3.05, 3.63) is 78.6 Å². The van der Waals surface area contributed by atoms with Crippen LogP contribution in [-0.2, 0) is 0 Å². The number of rotatable bonds is 6. The number of fused-ring (bicyclic) bond motifs is 1. The van der Waals surface area contributed by atoms with Crippen LogP contribution in [0.25, 0.3) is 16.7 Å². The van der Waals surface area contributed by atoms with E-state index < -0.39 is 0 Å². The summed E-state index contributed by atoms with van der Waals surface area (Å²) in [6.45, 7) is 2.43. The molecule has 3 aromatic carbocycles. The van der Waals surface area contributed by atoms with E-state index in [1.165, 1.54) is 0 Å². The van der Waals surface area contributed by atoms with Gasteiger partial charge in [0.2, 0.25) is 0 Å². The summed E-state index contributed by atoms with van der Waals surface area (Å²) in [4.78, 5) is 17.0. The zero-order valence-electron chi connectivity index (χ0n) is 16.3. The highest BCUT2D eigenvalue weighted by Gasteiger charge is 2.12. The van der Waals surface area contributed by atoms with Gasteiger partial charge in [-0.2, -0.15) is 0 Å². The molecule has 6 nitrogen and oxygen atoms in total. The fraction of sp³-hybridized carbons (Fsp3) is 0.130. The van der Waals surface area contributed by atoms with Crippen molar-refractivity contribution in [2.24, 2.45) is 0 Å². The molecule has 146 valence electrons. The number of ether oxygens (including phenoxy) is 2. The van der Waals surface area contributed by atoms with E-state index in [9.17, 15) is 4.79 Å². The predicted molar refractivity (Wildman–Crippen MR) is 113 cm³/mol. The van der Waals surface area contributed by atoms with Gasteiger partial charge in [-0.05, 0) is 61.5 Å². The van der Waals surface area contributed by atoms with Crippen molar-refractivity contribution in [2.75, 3.05) is 19.0 Å². The van der Waals surface area contributed by atoms with Crippen LogP contribution in [0.5, 0.6) is 11.5 Å². The number of carbonyl (C=O) groups is 1. The molecule has 0 aliphatic rings. The summed E-state index contributed by atoms with van der Waals surface area (Å²) in [6, 6.07) is 20.7. The quantitative estimate of drug-likeness (QED) is 0.521. The SMILES string of the molecule is CCOc1ccc(C(=O)Nc2ccc(-n3cnc4ccccc43)cc2)cc1OC. The number of carbonyl (C=O) groups excluding carboxylic acids is 1. The Kier molecular flexibility index (Phi) is 5.16. The normalized spacial score (nSPS) is 10.7. The van der Waals surface area contributed by atoms with E-state index in [0.717, 1.165) is 16.7 Å². The van der Waals surface area contributed by atoms with Crippen LogP contribution < -0.4 is 14.8 Å². The first-order valence-electron chi connectivity index (χ1n) is 9.34. The van der Waals surface area contributed by atoms with Gasteiger partial charge in [0.15, 0.2) is 11.5 Å². The van der Waals surface area contributed by atoms with E-state index in [0.29, 0.717) is 29.4 Å². The maximum Gasteiger partial charge on any atom is 0.255 e. The van der Waals surface area contributed by atoms with E-state index in [4.69, 9.17) is 9.47 Å². The van der Waals surface area contributed by atoms with Crippen LogP contribution in [-0.4, -0.2) is 29.2 Å². The lowest BCUT2D eigenvalue weighted by atomic mass is 10.1. The van der Waals surface area contributed by atoms with Crippen molar-refractivity contribution < 1.29 is 14.3 Å². The van der Waals surface area contributed by atoms with Crippen molar-refractivity contribution in [1.29, 1.82) is 0 Å². The van der Waals surface area contributed by atoms with E-state index in [-0.39, 0.29) is 5.91 Å². The summed E-state index contributed by atoms with van der Waals surface area (Å²) in [5.41, 5.74) is 4.14. The topological polar surface area (TPSA) is 65.4 Å². The minimum Gasteiger partial charge on any atom is -0.493 e. The third-order valence-corrected chi connectivity index (χ3v) is 4.58. The first kappa shape index (κ1) is 18.6. The van der Waals surface area contributed by atoms with E-state index >= 15 is 0 Å². The molecule has 0 atom stereocenters. The third kappa shape index (κ3) is 3.78. The van der Waals surface area contributed by atoms with E-state index in [2.05, 4.69) is 10.3 Å². The first-order chi connectivity index (χ1) is 14.2. The van der Waals surface area contributed by atoms with Crippen LogP contribution in [0.1, 0.15) is 17.3 Å². The molecule has 0 aliphatic heterocycles. The van der Waals surface area contributed by atoms with Gasteiger partial charge in [-0.1, -0.05) is 12.1 Å². The molecular weight excluding hydrogens is 366 g/mol. The second-order valence-electron chi connectivity index (χ2n) is 6.40. The average Bonchev–Trinajstić information content (AvgIpc) is 3.19. The number of hydrogen-bond acceptors (Lipinski definition) is 4. The second-order valence-corrected chi connectivity index (χ2v) is 6.40. The number of nitrogens with one attached hydrogen (secondary N) is 1. The zero-order valence-corrected chi connectivity index (χ0v) is 16.3. The van der Waals surface area contributed by atoms with Gasteiger partial charge in [-0.25, -0.2) is 4.98 Å². The smallest absolute Gasteiger partial charge is 0.255 e. The maximum absolute atomic E-state index is 12.6. The molecule has 4 rings (SSSR count). The Morgan fingerprint density at radius 3 is 2.59 bits per heavy atom. The van der Waals surface area contributed by atoms with Crippen LogP contribution >= 0.6 is 0 Å². The molecule has 0 aliphatic carbocycles. The van der Waals surface area contributed by atoms with Gasteiger partial charge in [0.25, 0.3) is 5.91 Å². The lowest BCUT2D eigenvalue weighted by Crippen LogP contribution is -2.12. The molecule has 4 aromatic rings. The van der Waals surface area contributed by atoms with Crippen molar-refractivity contribution in [3.63, 3.8) is 0 Å². The standard InChI is InChI=1S/C23H21N3O3/c1-3-29-21-13-8-16(14-22(21)28-2)23(27)25-17-9-11-18(12-10-17)26-15-24-19-6-4-5-7-20(19)26/h4-15H,3H2,1-2H3,(H,25,27). The maximum atomic E-state index is 12.6. The summed E-state index contributed by atoms with van der Waals surface area (Å²) in [7, 11) is 1.55. The zero-order chi connectivity index (χ0) is 20.2. The van der Waals surface area contributed by atoms with Gasteiger partial charge >= 0.3 is 0 Å². The average molecular weight is 387 g/mol. The first-order valence-corrected chi connectivity index (χ1v) is 9.34. The Morgan fingerprint density at radius 2 is 1.83 bits per heavy atom. The molecule has 0 spiro atoms. The van der Waals surface area contributed by atoms with Crippen molar-refractivity contribution in [1.82, 2.24) is 9.55 Å². The van der Waals surface area contributed by atoms with Crippen LogP contribution in [0.15, 0.2) is 73.1 Å². The van der Waals surface area contributed by atoms with Crippen molar-refractivity contribution >= 4 is 22.6 Å². The molecule has 1 aromatic heterocycles. The lowest BCUT2D eigenvalue weighted by Gasteiger charge is -2.11. The molecule has 1 heterocycles. The summed E-state index contributed by atoms with van der Waals surface area (Å²) in [6.07, 6.45) is 1.80. The number of para-hydroxylation sites is 2. The van der Waals surface area contributed by atoms with Crippen LogP contribution in [0.2, 0.25) is 0 Å². The number of benzene rings is 3. The lowest BCUT2D eigenvalue weighted by molar-refractivity contribution is 0.102. The monoisotopic (exact) mass is 387 g/mol. The molecule has 29 heavy (non-hydrogen) atoms. The molecular formula is C23H21N3O3. The molecule has 0 saturated heterocycles. The molecule has 0 saturated carbocycles. The fourth-order valence-electron chi connectivity index (χ4n) is 3.16.